The van der Waals surface area contributed by atoms with Crippen LogP contribution in [-0.4, -0.2) is 35.3 Å². The Balaban J connectivity index is 1.61. The molecule has 1 atom stereocenters. The molecule has 24 heavy (non-hydrogen) atoms. The van der Waals surface area contributed by atoms with E-state index in [0.29, 0.717) is 12.8 Å². The highest BCUT2D eigenvalue weighted by molar-refractivity contribution is 8.01. The largest absolute Gasteiger partial charge is 0.456 e. The maximum atomic E-state index is 11.6. The summed E-state index contributed by atoms with van der Waals surface area (Å²) in [4.78, 5) is 27.7. The van der Waals surface area contributed by atoms with Crippen LogP contribution < -0.4 is 5.32 Å². The molecule has 1 heterocycles. The second-order valence-electron chi connectivity index (χ2n) is 5.44. The third kappa shape index (κ3) is 6.13. The monoisotopic (exact) mass is 366 g/mol. The molecule has 1 aromatic carbocycles. The fourth-order valence-corrected chi connectivity index (χ4v) is 4.00. The second-order valence-corrected chi connectivity index (χ2v) is 7.81. The molecule has 5 nitrogen and oxygen atoms in total. The number of fused-ring (bicyclic) bond motifs is 1. The number of carbonyl (C=O) groups excluding carboxylic acids is 2. The van der Waals surface area contributed by atoms with Crippen LogP contribution in [0.15, 0.2) is 28.6 Å². The van der Waals surface area contributed by atoms with Gasteiger partial charge in [0.25, 0.3) is 5.91 Å². The third-order valence-electron chi connectivity index (χ3n) is 3.41. The van der Waals surface area contributed by atoms with Gasteiger partial charge in [0.15, 0.2) is 10.9 Å². The fourth-order valence-electron chi connectivity index (χ4n) is 1.93. The van der Waals surface area contributed by atoms with E-state index in [-0.39, 0.29) is 24.5 Å². The minimum Gasteiger partial charge on any atom is -0.456 e. The molecular weight excluding hydrogens is 344 g/mol. The molecule has 1 N–H and O–H groups in total. The van der Waals surface area contributed by atoms with Crippen LogP contribution in [0.2, 0.25) is 0 Å². The average molecular weight is 367 g/mol. The molecule has 0 fully saturated rings. The van der Waals surface area contributed by atoms with E-state index < -0.39 is 0 Å². The van der Waals surface area contributed by atoms with Gasteiger partial charge in [0.1, 0.15) is 0 Å². The lowest BCUT2D eigenvalue weighted by molar-refractivity contribution is -0.148. The van der Waals surface area contributed by atoms with Gasteiger partial charge in [-0.3, -0.25) is 9.59 Å². The van der Waals surface area contributed by atoms with Crippen molar-refractivity contribution in [3.05, 3.63) is 24.3 Å². The number of hydrogen-bond acceptors (Lipinski definition) is 6. The highest BCUT2D eigenvalue weighted by atomic mass is 32.2. The SMILES string of the molecule is CC[C@@H](C)NC(=O)COC(=O)CCCSc1nc2ccccc2s1. The molecular formula is C17H22N2O3S2. The van der Waals surface area contributed by atoms with Gasteiger partial charge in [-0.1, -0.05) is 30.8 Å². The van der Waals surface area contributed by atoms with E-state index >= 15 is 0 Å². The summed E-state index contributed by atoms with van der Waals surface area (Å²) in [5.41, 5.74) is 1.01. The number of nitrogens with one attached hydrogen (secondary N) is 1. The highest BCUT2D eigenvalue weighted by Crippen LogP contribution is 2.29. The molecule has 0 aliphatic heterocycles. The normalized spacial score (nSPS) is 12.1. The zero-order valence-corrected chi connectivity index (χ0v) is 15.5. The molecule has 0 radical (unpaired) electrons. The van der Waals surface area contributed by atoms with Gasteiger partial charge in [0, 0.05) is 18.2 Å². The van der Waals surface area contributed by atoms with Crippen LogP contribution in [0.4, 0.5) is 0 Å². The number of nitrogens with zero attached hydrogens (tertiary/aromatic N) is 1. The molecule has 2 rings (SSSR count). The van der Waals surface area contributed by atoms with Crippen molar-refractivity contribution in [3.63, 3.8) is 0 Å². The van der Waals surface area contributed by atoms with Gasteiger partial charge in [-0.05, 0) is 31.9 Å². The number of rotatable bonds is 9. The van der Waals surface area contributed by atoms with Crippen molar-refractivity contribution < 1.29 is 14.3 Å². The minimum atomic E-state index is -0.334. The Bertz CT molecular complexity index is 654. The van der Waals surface area contributed by atoms with Crippen LogP contribution in [0, 0.1) is 0 Å². The molecule has 130 valence electrons. The molecule has 1 amide bonds. The van der Waals surface area contributed by atoms with Crippen molar-refractivity contribution in [2.24, 2.45) is 0 Å². The van der Waals surface area contributed by atoms with Crippen LogP contribution in [0.25, 0.3) is 10.2 Å². The lowest BCUT2D eigenvalue weighted by Gasteiger charge is -2.11. The van der Waals surface area contributed by atoms with Gasteiger partial charge in [0.05, 0.1) is 10.2 Å². The van der Waals surface area contributed by atoms with E-state index in [4.69, 9.17) is 4.74 Å². The Morgan fingerprint density at radius 3 is 2.92 bits per heavy atom. The van der Waals surface area contributed by atoms with Gasteiger partial charge in [0.2, 0.25) is 0 Å². The predicted molar refractivity (Wildman–Crippen MR) is 98.4 cm³/mol. The number of esters is 1. The first-order valence-corrected chi connectivity index (χ1v) is 9.82. The van der Waals surface area contributed by atoms with Crippen molar-refractivity contribution >= 4 is 45.2 Å². The lowest BCUT2D eigenvalue weighted by atomic mass is 10.2. The Labute approximate surface area is 150 Å². The summed E-state index contributed by atoms with van der Waals surface area (Å²) in [5.74, 6) is 0.217. The Morgan fingerprint density at radius 2 is 2.17 bits per heavy atom. The van der Waals surface area contributed by atoms with Crippen molar-refractivity contribution in [1.82, 2.24) is 10.3 Å². The number of aromatic nitrogens is 1. The van der Waals surface area contributed by atoms with Gasteiger partial charge in [-0.2, -0.15) is 0 Å². The zero-order valence-electron chi connectivity index (χ0n) is 13.9. The van der Waals surface area contributed by atoms with Crippen LogP contribution in [-0.2, 0) is 14.3 Å². The average Bonchev–Trinajstić information content (AvgIpc) is 2.99. The van der Waals surface area contributed by atoms with E-state index in [1.807, 2.05) is 32.0 Å². The molecule has 0 spiro atoms. The molecule has 7 heteroatoms. The smallest absolute Gasteiger partial charge is 0.306 e. The van der Waals surface area contributed by atoms with Gasteiger partial charge in [-0.25, -0.2) is 4.98 Å². The summed E-state index contributed by atoms with van der Waals surface area (Å²) < 4.78 is 7.16. The first-order chi connectivity index (χ1) is 11.6. The van der Waals surface area contributed by atoms with E-state index in [0.717, 1.165) is 22.0 Å². The number of thiazole rings is 1. The third-order valence-corrected chi connectivity index (χ3v) is 5.67. The summed E-state index contributed by atoms with van der Waals surface area (Å²) in [5, 5.41) is 2.76. The number of carbonyl (C=O) groups is 2. The predicted octanol–water partition coefficient (Wildman–Crippen LogP) is 3.63. The number of ether oxygens (including phenoxy) is 1. The summed E-state index contributed by atoms with van der Waals surface area (Å²) in [6, 6.07) is 8.13. The van der Waals surface area contributed by atoms with E-state index in [1.165, 1.54) is 4.70 Å². The molecule has 0 saturated carbocycles. The van der Waals surface area contributed by atoms with E-state index in [1.54, 1.807) is 23.1 Å². The number of hydrogen-bond donors (Lipinski definition) is 1. The van der Waals surface area contributed by atoms with Crippen LogP contribution in [0.5, 0.6) is 0 Å². The lowest BCUT2D eigenvalue weighted by Crippen LogP contribution is -2.35. The first kappa shape index (κ1) is 18.7. The molecule has 0 unspecified atom stereocenters. The standard InChI is InChI=1S/C17H22N2O3S2/c1-3-12(2)18-15(20)11-22-16(21)9-6-10-23-17-19-13-7-4-5-8-14(13)24-17/h4-5,7-8,12H,3,6,9-11H2,1-2H3,(H,18,20)/t12-/m1/s1. The van der Waals surface area contributed by atoms with Crippen LogP contribution >= 0.6 is 23.1 Å². The van der Waals surface area contributed by atoms with Crippen molar-refractivity contribution in [1.29, 1.82) is 0 Å². The number of benzene rings is 1. The van der Waals surface area contributed by atoms with Crippen LogP contribution in [0.1, 0.15) is 33.1 Å². The zero-order chi connectivity index (χ0) is 17.4. The number of amides is 1. The maximum Gasteiger partial charge on any atom is 0.306 e. The molecule has 0 aliphatic rings. The quantitative estimate of drug-likeness (QED) is 0.417. The fraction of sp³-hybridized carbons (Fsp3) is 0.471. The van der Waals surface area contributed by atoms with Crippen molar-refractivity contribution in [3.8, 4) is 0 Å². The summed E-state index contributed by atoms with van der Waals surface area (Å²) >= 11 is 3.31. The van der Waals surface area contributed by atoms with Crippen molar-refractivity contribution in [2.45, 2.75) is 43.5 Å². The second kappa shape index (κ2) is 9.64. The summed E-state index contributed by atoms with van der Waals surface area (Å²) in [6.07, 6.45) is 1.86. The molecule has 0 saturated heterocycles. The Morgan fingerprint density at radius 1 is 1.38 bits per heavy atom. The molecule has 1 aromatic heterocycles. The van der Waals surface area contributed by atoms with E-state index in [2.05, 4.69) is 16.4 Å². The van der Waals surface area contributed by atoms with Gasteiger partial charge in [-0.15, -0.1) is 11.3 Å². The Kier molecular flexibility index (Phi) is 7.52. The van der Waals surface area contributed by atoms with Gasteiger partial charge >= 0.3 is 5.97 Å². The first-order valence-electron chi connectivity index (χ1n) is 8.02. The van der Waals surface area contributed by atoms with Crippen molar-refractivity contribution in [2.75, 3.05) is 12.4 Å². The summed E-state index contributed by atoms with van der Waals surface area (Å²) in [7, 11) is 0. The minimum absolute atomic E-state index is 0.0985. The van der Waals surface area contributed by atoms with Gasteiger partial charge < -0.3 is 10.1 Å². The topological polar surface area (TPSA) is 68.3 Å². The molecule has 2 aromatic rings. The molecule has 0 aliphatic carbocycles. The number of para-hydroxylation sites is 1. The molecule has 0 bridgehead atoms. The van der Waals surface area contributed by atoms with Crippen LogP contribution in [0.3, 0.4) is 0 Å². The highest BCUT2D eigenvalue weighted by Gasteiger charge is 2.10. The maximum absolute atomic E-state index is 11.6. The summed E-state index contributed by atoms with van der Waals surface area (Å²) in [6.45, 7) is 3.70. The number of thioether (sulfide) groups is 1. The van der Waals surface area contributed by atoms with E-state index in [9.17, 15) is 9.59 Å². The Hall–Kier alpha value is -1.60.